The standard InChI is InChI=1S/C13H22N2O/c1-7(13(14)16)15-12-10-3-8-2-9(5-10)6-11(12)4-8/h7-12,15H,2-6H2,1H3,(H2,14,16)/t7-,8?,9?,10?,11?,12?/m1/s1. The van der Waals surface area contributed by atoms with Crippen LogP contribution in [0.2, 0.25) is 0 Å². The highest BCUT2D eigenvalue weighted by atomic mass is 16.1. The van der Waals surface area contributed by atoms with Crippen molar-refractivity contribution in [3.8, 4) is 0 Å². The third kappa shape index (κ3) is 1.65. The normalized spacial score (nSPS) is 46.9. The molecule has 4 saturated carbocycles. The molecule has 0 heterocycles. The lowest BCUT2D eigenvalue weighted by molar-refractivity contribution is -0.120. The van der Waals surface area contributed by atoms with Gasteiger partial charge in [-0.15, -0.1) is 0 Å². The van der Waals surface area contributed by atoms with E-state index in [2.05, 4.69) is 5.32 Å². The van der Waals surface area contributed by atoms with Crippen molar-refractivity contribution in [2.75, 3.05) is 0 Å². The molecule has 0 spiro atoms. The maximum Gasteiger partial charge on any atom is 0.234 e. The topological polar surface area (TPSA) is 55.1 Å². The summed E-state index contributed by atoms with van der Waals surface area (Å²) in [5, 5.41) is 3.49. The van der Waals surface area contributed by atoms with Crippen LogP contribution in [0.1, 0.15) is 39.0 Å². The largest absolute Gasteiger partial charge is 0.368 e. The summed E-state index contributed by atoms with van der Waals surface area (Å²) in [4.78, 5) is 11.1. The van der Waals surface area contributed by atoms with E-state index in [0.717, 1.165) is 23.7 Å². The van der Waals surface area contributed by atoms with Crippen molar-refractivity contribution in [1.29, 1.82) is 0 Å². The van der Waals surface area contributed by atoms with E-state index in [1.807, 2.05) is 6.92 Å². The van der Waals surface area contributed by atoms with Crippen LogP contribution in [-0.4, -0.2) is 18.0 Å². The van der Waals surface area contributed by atoms with Crippen LogP contribution in [-0.2, 0) is 4.79 Å². The van der Waals surface area contributed by atoms with Gasteiger partial charge in [0.15, 0.2) is 0 Å². The Hall–Kier alpha value is -0.570. The van der Waals surface area contributed by atoms with Gasteiger partial charge in [-0.3, -0.25) is 4.79 Å². The first kappa shape index (κ1) is 10.6. The van der Waals surface area contributed by atoms with Gasteiger partial charge in [-0.2, -0.15) is 0 Å². The van der Waals surface area contributed by atoms with Gasteiger partial charge < -0.3 is 11.1 Å². The number of nitrogens with one attached hydrogen (secondary N) is 1. The zero-order valence-electron chi connectivity index (χ0n) is 9.99. The molecule has 4 aliphatic rings. The Balaban J connectivity index is 1.70. The smallest absolute Gasteiger partial charge is 0.234 e. The van der Waals surface area contributed by atoms with Gasteiger partial charge in [0, 0.05) is 6.04 Å². The lowest BCUT2D eigenvalue weighted by Gasteiger charge is -2.55. The van der Waals surface area contributed by atoms with Crippen LogP contribution in [0.3, 0.4) is 0 Å². The first-order chi connectivity index (χ1) is 7.63. The van der Waals surface area contributed by atoms with Crippen LogP contribution in [0.5, 0.6) is 0 Å². The Bertz CT molecular complexity index is 274. The highest BCUT2D eigenvalue weighted by Gasteiger charge is 2.48. The fraction of sp³-hybridized carbons (Fsp3) is 0.923. The van der Waals surface area contributed by atoms with Crippen LogP contribution >= 0.6 is 0 Å². The van der Waals surface area contributed by atoms with Gasteiger partial charge >= 0.3 is 0 Å². The van der Waals surface area contributed by atoms with E-state index < -0.39 is 0 Å². The van der Waals surface area contributed by atoms with E-state index in [4.69, 9.17) is 5.73 Å². The van der Waals surface area contributed by atoms with E-state index in [1.54, 1.807) is 0 Å². The predicted molar refractivity (Wildman–Crippen MR) is 62.6 cm³/mol. The summed E-state index contributed by atoms with van der Waals surface area (Å²) in [6.07, 6.45) is 7.02. The highest BCUT2D eigenvalue weighted by molar-refractivity contribution is 5.79. The van der Waals surface area contributed by atoms with E-state index in [1.165, 1.54) is 32.1 Å². The second-order valence-corrected chi connectivity index (χ2v) is 6.25. The molecule has 0 aromatic heterocycles. The number of nitrogens with two attached hydrogens (primary N) is 1. The minimum atomic E-state index is -0.214. The molecule has 90 valence electrons. The van der Waals surface area contributed by atoms with Crippen molar-refractivity contribution in [2.24, 2.45) is 29.4 Å². The lowest BCUT2D eigenvalue weighted by Crippen LogP contribution is -2.58. The van der Waals surface area contributed by atoms with Crippen LogP contribution in [0.15, 0.2) is 0 Å². The summed E-state index contributed by atoms with van der Waals surface area (Å²) < 4.78 is 0. The van der Waals surface area contributed by atoms with Crippen LogP contribution in [0.4, 0.5) is 0 Å². The predicted octanol–water partition coefficient (Wildman–Crippen LogP) is 1.27. The molecular formula is C13H22N2O. The molecule has 4 bridgehead atoms. The monoisotopic (exact) mass is 222 g/mol. The minimum Gasteiger partial charge on any atom is -0.368 e. The third-order valence-corrected chi connectivity index (χ3v) is 5.10. The third-order valence-electron chi connectivity index (χ3n) is 5.10. The quantitative estimate of drug-likeness (QED) is 0.755. The molecule has 3 nitrogen and oxygen atoms in total. The van der Waals surface area contributed by atoms with Crippen LogP contribution < -0.4 is 11.1 Å². The summed E-state index contributed by atoms with van der Waals surface area (Å²) in [7, 11) is 0. The van der Waals surface area contributed by atoms with Gasteiger partial charge in [-0.25, -0.2) is 0 Å². The number of primary amides is 1. The Kier molecular flexibility index (Phi) is 2.46. The summed E-state index contributed by atoms with van der Waals surface area (Å²) >= 11 is 0. The zero-order chi connectivity index (χ0) is 11.3. The van der Waals surface area contributed by atoms with Gasteiger partial charge in [0.05, 0.1) is 6.04 Å². The minimum absolute atomic E-state index is 0.164. The second-order valence-electron chi connectivity index (χ2n) is 6.25. The SMILES string of the molecule is C[C@@H](NC1C2CC3CC(C2)CC1C3)C(N)=O. The Labute approximate surface area is 97.2 Å². The molecule has 4 fully saturated rings. The lowest BCUT2D eigenvalue weighted by atomic mass is 9.54. The number of carbonyl (C=O) groups excluding carboxylic acids is 1. The molecule has 0 aromatic rings. The van der Waals surface area contributed by atoms with Gasteiger partial charge in [0.2, 0.25) is 5.91 Å². The van der Waals surface area contributed by atoms with Gasteiger partial charge in [0.25, 0.3) is 0 Å². The van der Waals surface area contributed by atoms with E-state index >= 15 is 0 Å². The summed E-state index contributed by atoms with van der Waals surface area (Å²) in [5.41, 5.74) is 5.34. The molecule has 0 radical (unpaired) electrons. The van der Waals surface area contributed by atoms with E-state index in [9.17, 15) is 4.79 Å². The number of hydrogen-bond acceptors (Lipinski definition) is 2. The Morgan fingerprint density at radius 1 is 1.12 bits per heavy atom. The first-order valence-electron chi connectivity index (χ1n) is 6.69. The molecule has 16 heavy (non-hydrogen) atoms. The zero-order valence-corrected chi connectivity index (χ0v) is 9.99. The molecule has 4 rings (SSSR count). The van der Waals surface area contributed by atoms with Crippen LogP contribution in [0.25, 0.3) is 0 Å². The van der Waals surface area contributed by atoms with Gasteiger partial charge in [0.1, 0.15) is 0 Å². The van der Waals surface area contributed by atoms with Gasteiger partial charge in [-0.1, -0.05) is 0 Å². The molecule has 4 aliphatic carbocycles. The maximum atomic E-state index is 11.1. The molecule has 1 amide bonds. The van der Waals surface area contributed by atoms with E-state index in [-0.39, 0.29) is 11.9 Å². The fourth-order valence-corrected chi connectivity index (χ4v) is 4.57. The van der Waals surface area contributed by atoms with Crippen molar-refractivity contribution in [2.45, 2.75) is 51.1 Å². The van der Waals surface area contributed by atoms with E-state index in [0.29, 0.717) is 6.04 Å². The Morgan fingerprint density at radius 3 is 2.06 bits per heavy atom. The van der Waals surface area contributed by atoms with Crippen molar-refractivity contribution in [1.82, 2.24) is 5.32 Å². The average molecular weight is 222 g/mol. The molecule has 3 N–H and O–H groups in total. The molecule has 0 aliphatic heterocycles. The Morgan fingerprint density at radius 2 is 1.62 bits per heavy atom. The summed E-state index contributed by atoms with van der Waals surface area (Å²) in [5.74, 6) is 3.40. The number of rotatable bonds is 3. The second kappa shape index (κ2) is 3.73. The highest BCUT2D eigenvalue weighted by Crippen LogP contribution is 2.53. The van der Waals surface area contributed by atoms with Crippen molar-refractivity contribution >= 4 is 5.91 Å². The number of carbonyl (C=O) groups is 1. The molecule has 1 atom stereocenters. The molecule has 0 aromatic carbocycles. The average Bonchev–Trinajstić information content (AvgIpc) is 2.21. The first-order valence-corrected chi connectivity index (χ1v) is 6.69. The number of hydrogen-bond donors (Lipinski definition) is 2. The summed E-state index contributed by atoms with van der Waals surface area (Å²) in [6.45, 7) is 1.90. The fourth-order valence-electron chi connectivity index (χ4n) is 4.57. The van der Waals surface area contributed by atoms with Crippen molar-refractivity contribution in [3.63, 3.8) is 0 Å². The van der Waals surface area contributed by atoms with Crippen molar-refractivity contribution in [3.05, 3.63) is 0 Å². The molecule has 0 saturated heterocycles. The van der Waals surface area contributed by atoms with Gasteiger partial charge in [-0.05, 0) is 62.7 Å². The van der Waals surface area contributed by atoms with Crippen molar-refractivity contribution < 1.29 is 4.79 Å². The number of amides is 1. The molecule has 3 heteroatoms. The molecule has 0 unspecified atom stereocenters. The van der Waals surface area contributed by atoms with Crippen LogP contribution in [0, 0.1) is 23.7 Å². The maximum absolute atomic E-state index is 11.1. The summed E-state index contributed by atoms with van der Waals surface area (Å²) in [6, 6.07) is 0.401. The molecular weight excluding hydrogens is 200 g/mol.